The summed E-state index contributed by atoms with van der Waals surface area (Å²) in [6, 6.07) is -1.90. The van der Waals surface area contributed by atoms with Crippen molar-refractivity contribution >= 4 is 15.6 Å². The molecule has 0 aromatic rings. The molecule has 2 heterocycles. The molecule has 0 amide bonds. The van der Waals surface area contributed by atoms with E-state index in [2.05, 4.69) is 10.4 Å². The lowest BCUT2D eigenvalue weighted by atomic mass is 9.92. The molecule has 0 aromatic heterocycles. The van der Waals surface area contributed by atoms with E-state index in [0.717, 1.165) is 0 Å². The first-order chi connectivity index (χ1) is 11.8. The van der Waals surface area contributed by atoms with Crippen molar-refractivity contribution in [2.75, 3.05) is 20.8 Å². The zero-order valence-corrected chi connectivity index (χ0v) is 15.9. The average Bonchev–Trinajstić information content (AvgIpc) is 3.03. The maximum atomic E-state index is 12.9. The lowest BCUT2D eigenvalue weighted by Gasteiger charge is -2.27. The van der Waals surface area contributed by atoms with Gasteiger partial charge in [-0.05, 0) is 20.4 Å². The summed E-state index contributed by atoms with van der Waals surface area (Å²) in [7, 11) is 4.92. The Morgan fingerprint density at radius 1 is 1.20 bits per heavy atom. The first-order valence-corrected chi connectivity index (χ1v) is 9.98. The lowest BCUT2D eigenvalue weighted by Crippen LogP contribution is -2.45. The Balaban J connectivity index is 1.99. The second-order valence-corrected chi connectivity index (χ2v) is 8.23. The molecule has 2 rings (SSSR count). The molecule has 0 aromatic carbocycles. The first-order valence-electron chi connectivity index (χ1n) is 8.44. The van der Waals surface area contributed by atoms with Crippen molar-refractivity contribution in [2.24, 2.45) is 0 Å². The Morgan fingerprint density at radius 3 is 2.44 bits per heavy atom. The van der Waals surface area contributed by atoms with Crippen LogP contribution in [0.2, 0.25) is 0 Å². The molecule has 0 bridgehead atoms. The van der Waals surface area contributed by atoms with Gasteiger partial charge in [-0.15, -0.1) is 0 Å². The van der Waals surface area contributed by atoms with Gasteiger partial charge in [-0.3, -0.25) is 4.52 Å². The van der Waals surface area contributed by atoms with Crippen molar-refractivity contribution in [3.63, 3.8) is 0 Å². The van der Waals surface area contributed by atoms with Crippen LogP contribution in [0.4, 0.5) is 0 Å². The second-order valence-electron chi connectivity index (χ2n) is 6.35. The van der Waals surface area contributed by atoms with Gasteiger partial charge in [-0.2, -0.15) is 0 Å². The highest BCUT2D eigenvalue weighted by atomic mass is 31.2. The number of hydrogen-bond acceptors (Lipinski definition) is 8. The zero-order valence-electron chi connectivity index (χ0n) is 15.0. The molecule has 0 aliphatic carbocycles. The maximum absolute atomic E-state index is 12.9. The molecular formula is C14H28BN2O7P. The zero-order chi connectivity index (χ0) is 18.8. The van der Waals surface area contributed by atoms with Gasteiger partial charge in [0.2, 0.25) is 0 Å². The Kier molecular flexibility index (Phi) is 7.47. The van der Waals surface area contributed by atoms with Crippen LogP contribution in [0.15, 0.2) is 0 Å². The van der Waals surface area contributed by atoms with E-state index in [-0.39, 0.29) is 18.8 Å². The predicted octanol–water partition coefficient (Wildman–Crippen LogP) is -0.884. The normalized spacial score (nSPS) is 44.1. The molecule has 9 atom stereocenters. The fourth-order valence-electron chi connectivity index (χ4n) is 3.25. The minimum Gasteiger partial charge on any atom is -0.390 e. The molecule has 5 unspecified atom stereocenters. The molecule has 2 aliphatic rings. The largest absolute Gasteiger partial charge is 0.405 e. The molecular weight excluding hydrogens is 350 g/mol. The van der Waals surface area contributed by atoms with E-state index in [4.69, 9.17) is 26.4 Å². The van der Waals surface area contributed by atoms with E-state index in [9.17, 15) is 14.8 Å². The summed E-state index contributed by atoms with van der Waals surface area (Å²) in [5.41, 5.74) is 0. The smallest absolute Gasteiger partial charge is 0.390 e. The van der Waals surface area contributed by atoms with Crippen molar-refractivity contribution in [3.8, 4) is 0 Å². The van der Waals surface area contributed by atoms with Crippen LogP contribution in [0.25, 0.3) is 0 Å². The minimum atomic E-state index is -3.73. The minimum absolute atomic E-state index is 0.0580. The number of ether oxygens (including phenoxy) is 2. The van der Waals surface area contributed by atoms with Crippen LogP contribution in [-0.2, 0) is 23.1 Å². The SMILES string of the molecule is [B][C@@H]1O[C@H](CC)C(NP(=O)(OC)OC[C@H]2O[C@@H](C)C(O)C2NC)C1O. The fourth-order valence-corrected chi connectivity index (χ4v) is 4.56. The molecule has 25 heavy (non-hydrogen) atoms. The summed E-state index contributed by atoms with van der Waals surface area (Å²) >= 11 is 0. The molecule has 2 aliphatic heterocycles. The number of aliphatic hydroxyl groups excluding tert-OH is 2. The van der Waals surface area contributed by atoms with Crippen LogP contribution >= 0.6 is 7.75 Å². The van der Waals surface area contributed by atoms with Crippen LogP contribution in [0, 0.1) is 0 Å². The average molecular weight is 378 g/mol. The van der Waals surface area contributed by atoms with E-state index in [1.807, 2.05) is 6.92 Å². The van der Waals surface area contributed by atoms with Crippen molar-refractivity contribution in [2.45, 2.75) is 68.9 Å². The third kappa shape index (κ3) is 4.64. The van der Waals surface area contributed by atoms with Gasteiger partial charge >= 0.3 is 7.75 Å². The third-order valence-corrected chi connectivity index (χ3v) is 6.35. The van der Waals surface area contributed by atoms with Crippen molar-refractivity contribution in [1.29, 1.82) is 0 Å². The van der Waals surface area contributed by atoms with Crippen molar-refractivity contribution in [1.82, 2.24) is 10.4 Å². The Bertz CT molecular complexity index is 488. The molecule has 11 heteroatoms. The van der Waals surface area contributed by atoms with Gasteiger partial charge in [-0.25, -0.2) is 9.65 Å². The van der Waals surface area contributed by atoms with Crippen LogP contribution in [0.5, 0.6) is 0 Å². The van der Waals surface area contributed by atoms with Gasteiger partial charge in [0.05, 0.1) is 49.2 Å². The van der Waals surface area contributed by atoms with E-state index >= 15 is 0 Å². The maximum Gasteiger partial charge on any atom is 0.405 e. The van der Waals surface area contributed by atoms with Gasteiger partial charge in [0.15, 0.2) is 0 Å². The first kappa shape index (κ1) is 21.3. The summed E-state index contributed by atoms with van der Waals surface area (Å²) in [5, 5.41) is 25.9. The lowest BCUT2D eigenvalue weighted by molar-refractivity contribution is 0.000702. The van der Waals surface area contributed by atoms with E-state index < -0.39 is 44.2 Å². The van der Waals surface area contributed by atoms with Gasteiger partial charge in [0.25, 0.3) is 0 Å². The molecule has 0 saturated carbocycles. The number of nitrogens with one attached hydrogen (secondary N) is 2. The molecule has 0 spiro atoms. The Labute approximate surface area is 149 Å². The number of aliphatic hydroxyl groups is 2. The van der Waals surface area contributed by atoms with Gasteiger partial charge in [0.1, 0.15) is 7.85 Å². The summed E-state index contributed by atoms with van der Waals surface area (Å²) < 4.78 is 34.4. The van der Waals surface area contributed by atoms with E-state index in [0.29, 0.717) is 6.42 Å². The summed E-state index contributed by atoms with van der Waals surface area (Å²) in [4.78, 5) is 0. The Morgan fingerprint density at radius 2 is 1.88 bits per heavy atom. The standard InChI is InChI=1S/C14H28BN2O7P/c1-5-8-11(13(19)14(15)24-8)17-25(20,21-4)22-6-9-10(16-3)12(18)7(2)23-9/h7-14,16,18-19H,5-6H2,1-4H3,(H,17,20)/t7-,8+,9+,10?,11?,12?,13?,14+,25?/m0/s1. The van der Waals surface area contributed by atoms with Crippen molar-refractivity contribution in [3.05, 3.63) is 0 Å². The molecule has 2 fully saturated rings. The monoisotopic (exact) mass is 378 g/mol. The highest BCUT2D eigenvalue weighted by Gasteiger charge is 2.45. The fraction of sp³-hybridized carbons (Fsp3) is 1.00. The van der Waals surface area contributed by atoms with Gasteiger partial charge < -0.3 is 29.5 Å². The van der Waals surface area contributed by atoms with E-state index in [1.165, 1.54) is 7.11 Å². The van der Waals surface area contributed by atoms with Crippen LogP contribution in [-0.4, -0.2) is 87.4 Å². The summed E-state index contributed by atoms with van der Waals surface area (Å²) in [6.45, 7) is 3.57. The summed E-state index contributed by atoms with van der Waals surface area (Å²) in [6.07, 6.45) is -2.43. The number of hydrogen-bond donors (Lipinski definition) is 4. The molecule has 9 nitrogen and oxygen atoms in total. The van der Waals surface area contributed by atoms with Gasteiger partial charge in [0, 0.05) is 13.1 Å². The van der Waals surface area contributed by atoms with Crippen LogP contribution in [0.3, 0.4) is 0 Å². The van der Waals surface area contributed by atoms with Crippen LogP contribution in [0.1, 0.15) is 20.3 Å². The molecule has 4 N–H and O–H groups in total. The molecule has 2 saturated heterocycles. The molecule has 2 radical (unpaired) electrons. The highest BCUT2D eigenvalue weighted by Crippen LogP contribution is 2.45. The van der Waals surface area contributed by atoms with Crippen LogP contribution < -0.4 is 10.4 Å². The number of likely N-dealkylation sites (N-methyl/N-ethyl adjacent to an activating group) is 1. The quantitative estimate of drug-likeness (QED) is 0.315. The second kappa shape index (κ2) is 8.78. The van der Waals surface area contributed by atoms with Crippen molar-refractivity contribution < 1.29 is 33.3 Å². The van der Waals surface area contributed by atoms with Gasteiger partial charge in [-0.1, -0.05) is 6.92 Å². The third-order valence-electron chi connectivity index (χ3n) is 4.77. The topological polar surface area (TPSA) is 119 Å². The molecule has 144 valence electrons. The Hall–Kier alpha value is -0.0251. The summed E-state index contributed by atoms with van der Waals surface area (Å²) in [5.74, 6) is 0. The van der Waals surface area contributed by atoms with E-state index in [1.54, 1.807) is 14.0 Å². The highest BCUT2D eigenvalue weighted by molar-refractivity contribution is 7.51. The predicted molar refractivity (Wildman–Crippen MR) is 91.4 cm³/mol. The number of rotatable bonds is 8.